The van der Waals surface area contributed by atoms with Crippen molar-refractivity contribution in [1.29, 1.82) is 0 Å². The van der Waals surface area contributed by atoms with Gasteiger partial charge < -0.3 is 10.6 Å². The number of carbonyl (C=O) groups excluding carboxylic acids is 1. The van der Waals surface area contributed by atoms with Crippen molar-refractivity contribution in [3.63, 3.8) is 0 Å². The quantitative estimate of drug-likeness (QED) is 0.854. The molecule has 0 radical (unpaired) electrons. The van der Waals surface area contributed by atoms with E-state index >= 15 is 0 Å². The predicted octanol–water partition coefficient (Wildman–Crippen LogP) is 2.44. The maximum Gasteiger partial charge on any atom is 0.221 e. The van der Waals surface area contributed by atoms with Gasteiger partial charge in [0.25, 0.3) is 0 Å². The van der Waals surface area contributed by atoms with E-state index in [1.807, 2.05) is 18.2 Å². The SMILES string of the molecule is CC(CNC(=O)CC1CCCCN1)c1ccccc1. The lowest BCUT2D eigenvalue weighted by Crippen LogP contribution is -2.39. The average molecular weight is 260 g/mol. The molecule has 1 aromatic carbocycles. The van der Waals surface area contributed by atoms with Gasteiger partial charge in [-0.1, -0.05) is 43.7 Å². The number of rotatable bonds is 5. The number of nitrogens with one attached hydrogen (secondary N) is 2. The Hall–Kier alpha value is -1.35. The van der Waals surface area contributed by atoms with E-state index in [0.717, 1.165) is 19.5 Å². The molecule has 1 aliphatic heterocycles. The van der Waals surface area contributed by atoms with Crippen LogP contribution in [-0.2, 0) is 4.79 Å². The summed E-state index contributed by atoms with van der Waals surface area (Å²) < 4.78 is 0. The number of hydrogen-bond donors (Lipinski definition) is 2. The Balaban J connectivity index is 1.71. The predicted molar refractivity (Wildman–Crippen MR) is 78.1 cm³/mol. The van der Waals surface area contributed by atoms with Crippen LogP contribution in [0.25, 0.3) is 0 Å². The lowest BCUT2D eigenvalue weighted by molar-refractivity contribution is -0.121. The molecule has 1 aliphatic rings. The third-order valence-corrected chi connectivity index (χ3v) is 3.82. The van der Waals surface area contributed by atoms with Gasteiger partial charge in [-0.25, -0.2) is 0 Å². The van der Waals surface area contributed by atoms with Crippen molar-refractivity contribution in [2.45, 2.75) is 44.6 Å². The molecule has 3 heteroatoms. The van der Waals surface area contributed by atoms with Crippen LogP contribution in [0, 0.1) is 0 Å². The molecule has 1 saturated heterocycles. The summed E-state index contributed by atoms with van der Waals surface area (Å²) in [6.07, 6.45) is 4.22. The molecular formula is C16H24N2O. The molecule has 0 aliphatic carbocycles. The first-order valence-electron chi connectivity index (χ1n) is 7.30. The summed E-state index contributed by atoms with van der Waals surface area (Å²) >= 11 is 0. The molecule has 0 aromatic heterocycles. The minimum Gasteiger partial charge on any atom is -0.355 e. The first-order chi connectivity index (χ1) is 9.25. The molecule has 1 fully saturated rings. The summed E-state index contributed by atoms with van der Waals surface area (Å²) in [6.45, 7) is 3.92. The first-order valence-corrected chi connectivity index (χ1v) is 7.30. The van der Waals surface area contributed by atoms with Crippen LogP contribution in [0.2, 0.25) is 0 Å². The van der Waals surface area contributed by atoms with Crippen molar-refractivity contribution in [3.8, 4) is 0 Å². The molecule has 2 atom stereocenters. The smallest absolute Gasteiger partial charge is 0.221 e. The van der Waals surface area contributed by atoms with Gasteiger partial charge in [-0.2, -0.15) is 0 Å². The molecule has 19 heavy (non-hydrogen) atoms. The molecule has 1 amide bonds. The highest BCUT2D eigenvalue weighted by Gasteiger charge is 2.16. The molecule has 0 spiro atoms. The molecule has 104 valence electrons. The minimum atomic E-state index is 0.169. The topological polar surface area (TPSA) is 41.1 Å². The molecule has 3 nitrogen and oxygen atoms in total. The molecule has 2 N–H and O–H groups in total. The zero-order valence-electron chi connectivity index (χ0n) is 11.7. The van der Waals surface area contributed by atoms with Crippen LogP contribution in [0.5, 0.6) is 0 Å². The van der Waals surface area contributed by atoms with Crippen LogP contribution < -0.4 is 10.6 Å². The van der Waals surface area contributed by atoms with Gasteiger partial charge in [-0.15, -0.1) is 0 Å². The highest BCUT2D eigenvalue weighted by atomic mass is 16.1. The zero-order valence-corrected chi connectivity index (χ0v) is 11.7. The largest absolute Gasteiger partial charge is 0.355 e. The van der Waals surface area contributed by atoms with Crippen LogP contribution in [0.1, 0.15) is 44.1 Å². The minimum absolute atomic E-state index is 0.169. The van der Waals surface area contributed by atoms with E-state index in [1.54, 1.807) is 0 Å². The van der Waals surface area contributed by atoms with E-state index in [1.165, 1.54) is 18.4 Å². The van der Waals surface area contributed by atoms with Gasteiger partial charge in [-0.05, 0) is 30.9 Å². The number of carbonyl (C=O) groups is 1. The monoisotopic (exact) mass is 260 g/mol. The van der Waals surface area contributed by atoms with E-state index in [0.29, 0.717) is 18.4 Å². The van der Waals surface area contributed by atoms with Crippen molar-refractivity contribution in [2.24, 2.45) is 0 Å². The van der Waals surface area contributed by atoms with Gasteiger partial charge in [-0.3, -0.25) is 4.79 Å². The lowest BCUT2D eigenvalue weighted by Gasteiger charge is -2.23. The lowest BCUT2D eigenvalue weighted by atomic mass is 10.00. The fourth-order valence-electron chi connectivity index (χ4n) is 2.56. The summed E-state index contributed by atoms with van der Waals surface area (Å²) in [6, 6.07) is 10.7. The molecule has 1 heterocycles. The van der Waals surface area contributed by atoms with Crippen molar-refractivity contribution >= 4 is 5.91 Å². The molecule has 0 bridgehead atoms. The average Bonchev–Trinajstić information content (AvgIpc) is 2.47. The van der Waals surface area contributed by atoms with E-state index in [2.05, 4.69) is 29.7 Å². The fraction of sp³-hybridized carbons (Fsp3) is 0.562. The van der Waals surface area contributed by atoms with E-state index in [4.69, 9.17) is 0 Å². The second kappa shape index (κ2) is 7.29. The maximum atomic E-state index is 11.9. The Morgan fingerprint density at radius 1 is 1.37 bits per heavy atom. The van der Waals surface area contributed by atoms with Gasteiger partial charge in [0.05, 0.1) is 0 Å². The Kier molecular flexibility index (Phi) is 5.40. The van der Waals surface area contributed by atoms with Crippen molar-refractivity contribution in [2.75, 3.05) is 13.1 Å². The van der Waals surface area contributed by atoms with E-state index < -0.39 is 0 Å². The molecule has 0 saturated carbocycles. The second-order valence-electron chi connectivity index (χ2n) is 5.47. The van der Waals surface area contributed by atoms with E-state index in [9.17, 15) is 4.79 Å². The normalized spacial score (nSPS) is 20.8. The maximum absolute atomic E-state index is 11.9. The summed E-state index contributed by atoms with van der Waals surface area (Å²) in [5.41, 5.74) is 1.28. The van der Waals surface area contributed by atoms with Crippen molar-refractivity contribution in [1.82, 2.24) is 10.6 Å². The number of amides is 1. The Labute approximate surface area is 115 Å². The van der Waals surface area contributed by atoms with Crippen LogP contribution >= 0.6 is 0 Å². The Morgan fingerprint density at radius 2 is 2.16 bits per heavy atom. The van der Waals surface area contributed by atoms with Gasteiger partial charge in [0.2, 0.25) is 5.91 Å². The van der Waals surface area contributed by atoms with E-state index in [-0.39, 0.29) is 5.91 Å². The second-order valence-corrected chi connectivity index (χ2v) is 5.47. The highest BCUT2D eigenvalue weighted by Crippen LogP contribution is 2.14. The van der Waals surface area contributed by atoms with Gasteiger partial charge in [0, 0.05) is 19.0 Å². The van der Waals surface area contributed by atoms with Crippen LogP contribution in [-0.4, -0.2) is 25.0 Å². The van der Waals surface area contributed by atoms with Gasteiger partial charge in [0.1, 0.15) is 0 Å². The molecule has 1 aromatic rings. The third-order valence-electron chi connectivity index (χ3n) is 3.82. The summed E-state index contributed by atoms with van der Waals surface area (Å²) in [5.74, 6) is 0.534. The first kappa shape index (κ1) is 14.1. The summed E-state index contributed by atoms with van der Waals surface area (Å²) in [4.78, 5) is 11.9. The standard InChI is InChI=1S/C16H24N2O/c1-13(14-7-3-2-4-8-14)12-18-16(19)11-15-9-5-6-10-17-15/h2-4,7-8,13,15,17H,5-6,9-12H2,1H3,(H,18,19). The Morgan fingerprint density at radius 3 is 2.84 bits per heavy atom. The van der Waals surface area contributed by atoms with Crippen LogP contribution in [0.3, 0.4) is 0 Å². The highest BCUT2D eigenvalue weighted by molar-refractivity contribution is 5.76. The third kappa shape index (κ3) is 4.67. The summed E-state index contributed by atoms with van der Waals surface area (Å²) in [5, 5.41) is 6.46. The summed E-state index contributed by atoms with van der Waals surface area (Å²) in [7, 11) is 0. The zero-order chi connectivity index (χ0) is 13.5. The van der Waals surface area contributed by atoms with Gasteiger partial charge in [0.15, 0.2) is 0 Å². The number of benzene rings is 1. The van der Waals surface area contributed by atoms with Gasteiger partial charge >= 0.3 is 0 Å². The van der Waals surface area contributed by atoms with Crippen LogP contribution in [0.15, 0.2) is 30.3 Å². The van der Waals surface area contributed by atoms with Crippen molar-refractivity contribution < 1.29 is 4.79 Å². The Bertz CT molecular complexity index is 385. The van der Waals surface area contributed by atoms with Crippen LogP contribution in [0.4, 0.5) is 0 Å². The van der Waals surface area contributed by atoms with Crippen molar-refractivity contribution in [3.05, 3.63) is 35.9 Å². The molecule has 2 unspecified atom stereocenters. The molecular weight excluding hydrogens is 236 g/mol. The number of piperidine rings is 1. The molecule has 2 rings (SSSR count). The number of hydrogen-bond acceptors (Lipinski definition) is 2. The fourth-order valence-corrected chi connectivity index (χ4v) is 2.56.